The van der Waals surface area contributed by atoms with Gasteiger partial charge in [-0.15, -0.1) is 35.3 Å². The summed E-state index contributed by atoms with van der Waals surface area (Å²) >= 11 is 1.68. The lowest BCUT2D eigenvalue weighted by atomic mass is 10.3. The number of hydrogen-bond acceptors (Lipinski definition) is 5. The molecule has 0 fully saturated rings. The summed E-state index contributed by atoms with van der Waals surface area (Å²) in [6.07, 6.45) is 2.83. The molecule has 25 heavy (non-hydrogen) atoms. The van der Waals surface area contributed by atoms with Crippen molar-refractivity contribution in [2.45, 2.75) is 39.8 Å². The number of rotatable bonds is 7. The highest BCUT2D eigenvalue weighted by Crippen LogP contribution is 2.09. The molecule has 2 aromatic rings. The van der Waals surface area contributed by atoms with Crippen LogP contribution in [0.4, 0.5) is 0 Å². The number of aliphatic imine (C=N–C) groups is 1. The second-order valence-corrected chi connectivity index (χ2v) is 6.69. The van der Waals surface area contributed by atoms with Crippen LogP contribution in [0.2, 0.25) is 0 Å². The Morgan fingerprint density at radius 1 is 1.32 bits per heavy atom. The molecular formula is C17H26IN5OS. The summed E-state index contributed by atoms with van der Waals surface area (Å²) in [6.45, 7) is 7.44. The SMILES string of the molecule is CN=C(NCCc1csc(C)n1)NCc1ccc(OC(C)C)nc1.I. The van der Waals surface area contributed by atoms with Crippen molar-refractivity contribution < 1.29 is 4.74 Å². The van der Waals surface area contributed by atoms with Crippen LogP contribution in [-0.2, 0) is 13.0 Å². The Balaban J connectivity index is 0.00000312. The van der Waals surface area contributed by atoms with E-state index < -0.39 is 0 Å². The van der Waals surface area contributed by atoms with Gasteiger partial charge in [0.05, 0.1) is 16.8 Å². The Morgan fingerprint density at radius 2 is 2.12 bits per heavy atom. The number of guanidine groups is 1. The molecule has 0 saturated carbocycles. The lowest BCUT2D eigenvalue weighted by Gasteiger charge is -2.12. The van der Waals surface area contributed by atoms with Crippen molar-refractivity contribution in [2.75, 3.05) is 13.6 Å². The van der Waals surface area contributed by atoms with Gasteiger partial charge >= 0.3 is 0 Å². The number of aromatic nitrogens is 2. The molecule has 0 amide bonds. The van der Waals surface area contributed by atoms with E-state index in [4.69, 9.17) is 4.74 Å². The van der Waals surface area contributed by atoms with Crippen LogP contribution in [0.5, 0.6) is 5.88 Å². The van der Waals surface area contributed by atoms with Crippen LogP contribution in [-0.4, -0.2) is 35.6 Å². The van der Waals surface area contributed by atoms with E-state index in [1.165, 1.54) is 0 Å². The van der Waals surface area contributed by atoms with E-state index in [0.717, 1.165) is 35.2 Å². The monoisotopic (exact) mass is 475 g/mol. The molecule has 2 heterocycles. The Labute approximate surface area is 170 Å². The van der Waals surface area contributed by atoms with Gasteiger partial charge in [0.2, 0.25) is 5.88 Å². The number of halogens is 1. The molecule has 2 N–H and O–H groups in total. The van der Waals surface area contributed by atoms with Gasteiger partial charge in [0, 0.05) is 44.2 Å². The molecule has 2 aromatic heterocycles. The topological polar surface area (TPSA) is 71.4 Å². The average molecular weight is 475 g/mol. The lowest BCUT2D eigenvalue weighted by Crippen LogP contribution is -2.37. The molecule has 2 rings (SSSR count). The summed E-state index contributed by atoms with van der Waals surface area (Å²) < 4.78 is 5.54. The van der Waals surface area contributed by atoms with E-state index in [1.54, 1.807) is 18.4 Å². The van der Waals surface area contributed by atoms with Crippen molar-refractivity contribution in [1.82, 2.24) is 20.6 Å². The van der Waals surface area contributed by atoms with Gasteiger partial charge in [-0.2, -0.15) is 0 Å². The molecule has 0 aromatic carbocycles. The van der Waals surface area contributed by atoms with Crippen molar-refractivity contribution in [2.24, 2.45) is 4.99 Å². The second kappa shape index (κ2) is 11.2. The highest BCUT2D eigenvalue weighted by molar-refractivity contribution is 14.0. The number of ether oxygens (including phenoxy) is 1. The van der Waals surface area contributed by atoms with Gasteiger partial charge in [-0.1, -0.05) is 6.07 Å². The first-order valence-electron chi connectivity index (χ1n) is 8.04. The van der Waals surface area contributed by atoms with Gasteiger partial charge in [-0.05, 0) is 26.3 Å². The molecule has 0 spiro atoms. The normalized spacial score (nSPS) is 11.2. The fourth-order valence-corrected chi connectivity index (χ4v) is 2.71. The van der Waals surface area contributed by atoms with Crippen LogP contribution in [0, 0.1) is 6.92 Å². The number of pyridine rings is 1. The predicted molar refractivity (Wildman–Crippen MR) is 114 cm³/mol. The maximum atomic E-state index is 5.54. The first kappa shape index (κ1) is 21.6. The van der Waals surface area contributed by atoms with Crippen LogP contribution in [0.15, 0.2) is 28.7 Å². The zero-order valence-electron chi connectivity index (χ0n) is 15.1. The van der Waals surface area contributed by atoms with Crippen LogP contribution >= 0.6 is 35.3 Å². The maximum Gasteiger partial charge on any atom is 0.213 e. The minimum Gasteiger partial charge on any atom is -0.475 e. The molecule has 0 bridgehead atoms. The molecule has 0 aliphatic heterocycles. The van der Waals surface area contributed by atoms with Gasteiger partial charge < -0.3 is 15.4 Å². The van der Waals surface area contributed by atoms with Crippen molar-refractivity contribution in [1.29, 1.82) is 0 Å². The molecule has 0 aliphatic carbocycles. The van der Waals surface area contributed by atoms with E-state index >= 15 is 0 Å². The summed E-state index contributed by atoms with van der Waals surface area (Å²) in [7, 11) is 1.76. The van der Waals surface area contributed by atoms with Gasteiger partial charge in [0.15, 0.2) is 5.96 Å². The van der Waals surface area contributed by atoms with Gasteiger partial charge in [0.25, 0.3) is 0 Å². The summed E-state index contributed by atoms with van der Waals surface area (Å²) in [6, 6.07) is 3.89. The largest absolute Gasteiger partial charge is 0.475 e. The van der Waals surface area contributed by atoms with E-state index in [9.17, 15) is 0 Å². The first-order valence-corrected chi connectivity index (χ1v) is 8.92. The van der Waals surface area contributed by atoms with Crippen molar-refractivity contribution in [3.8, 4) is 5.88 Å². The predicted octanol–water partition coefficient (Wildman–Crippen LogP) is 3.16. The van der Waals surface area contributed by atoms with Crippen molar-refractivity contribution in [3.63, 3.8) is 0 Å². The number of nitrogens with one attached hydrogen (secondary N) is 2. The molecular weight excluding hydrogens is 449 g/mol. The van der Waals surface area contributed by atoms with Gasteiger partial charge in [-0.3, -0.25) is 4.99 Å². The number of thiazole rings is 1. The highest BCUT2D eigenvalue weighted by Gasteiger charge is 2.03. The third-order valence-electron chi connectivity index (χ3n) is 3.18. The molecule has 0 atom stereocenters. The van der Waals surface area contributed by atoms with E-state index in [0.29, 0.717) is 12.4 Å². The third-order valence-corrected chi connectivity index (χ3v) is 4.00. The van der Waals surface area contributed by atoms with Crippen molar-refractivity contribution in [3.05, 3.63) is 40.0 Å². The molecule has 0 unspecified atom stereocenters. The fraction of sp³-hybridized carbons (Fsp3) is 0.471. The maximum absolute atomic E-state index is 5.54. The lowest BCUT2D eigenvalue weighted by molar-refractivity contribution is 0.232. The average Bonchev–Trinajstić information content (AvgIpc) is 2.97. The molecule has 0 saturated heterocycles. The fourth-order valence-electron chi connectivity index (χ4n) is 2.07. The van der Waals surface area contributed by atoms with Crippen LogP contribution in [0.1, 0.15) is 30.1 Å². The second-order valence-electron chi connectivity index (χ2n) is 5.63. The van der Waals surface area contributed by atoms with Gasteiger partial charge in [0.1, 0.15) is 0 Å². The smallest absolute Gasteiger partial charge is 0.213 e. The molecule has 138 valence electrons. The molecule has 6 nitrogen and oxygen atoms in total. The summed E-state index contributed by atoms with van der Waals surface area (Å²) in [5, 5.41) is 9.77. The highest BCUT2D eigenvalue weighted by atomic mass is 127. The minimum absolute atomic E-state index is 0. The molecule has 0 aliphatic rings. The van der Waals surface area contributed by atoms with E-state index in [2.05, 4.69) is 31.0 Å². The minimum atomic E-state index is 0. The van der Waals surface area contributed by atoms with Crippen molar-refractivity contribution >= 4 is 41.3 Å². The van der Waals surface area contributed by atoms with Gasteiger partial charge in [-0.25, -0.2) is 9.97 Å². The Hall–Kier alpha value is -1.42. The summed E-state index contributed by atoms with van der Waals surface area (Å²) in [5.74, 6) is 1.42. The quantitative estimate of drug-likeness (QED) is 0.366. The molecule has 0 radical (unpaired) electrons. The molecule has 8 heteroatoms. The Morgan fingerprint density at radius 3 is 2.68 bits per heavy atom. The first-order chi connectivity index (χ1) is 11.6. The number of nitrogens with zero attached hydrogens (tertiary/aromatic N) is 3. The zero-order chi connectivity index (χ0) is 17.4. The van der Waals surface area contributed by atoms with Crippen LogP contribution < -0.4 is 15.4 Å². The Bertz CT molecular complexity index is 657. The number of aryl methyl sites for hydroxylation is 1. The third kappa shape index (κ3) is 8.00. The Kier molecular flexibility index (Phi) is 9.73. The zero-order valence-corrected chi connectivity index (χ0v) is 18.2. The summed E-state index contributed by atoms with van der Waals surface area (Å²) in [4.78, 5) is 13.0. The van der Waals surface area contributed by atoms with E-state index in [-0.39, 0.29) is 30.1 Å². The van der Waals surface area contributed by atoms with E-state index in [1.807, 2.05) is 39.1 Å². The van der Waals surface area contributed by atoms with Crippen LogP contribution in [0.25, 0.3) is 0 Å². The number of hydrogen-bond donors (Lipinski definition) is 2. The summed E-state index contributed by atoms with van der Waals surface area (Å²) in [5.41, 5.74) is 2.19. The standard InChI is InChI=1S/C17H25N5OS.HI/c1-12(2)23-16-6-5-14(9-20-16)10-21-17(18-4)19-8-7-15-11-24-13(3)22-15;/h5-6,9,11-12H,7-8,10H2,1-4H3,(H2,18,19,21);1H. The van der Waals surface area contributed by atoms with Crippen LogP contribution in [0.3, 0.4) is 0 Å².